The molecule has 0 radical (unpaired) electrons. The first-order chi connectivity index (χ1) is 17.4. The number of ether oxygens (including phenoxy) is 6. The molecule has 0 saturated carbocycles. The summed E-state index contributed by atoms with van der Waals surface area (Å²) in [5, 5.41) is 3.43. The van der Waals surface area contributed by atoms with E-state index < -0.39 is 24.1 Å². The van der Waals surface area contributed by atoms with Crippen LogP contribution in [0.3, 0.4) is 0 Å². The van der Waals surface area contributed by atoms with Gasteiger partial charge in [-0.1, -0.05) is 43.3 Å². The van der Waals surface area contributed by atoms with Crippen molar-refractivity contribution >= 4 is 33.5 Å². The van der Waals surface area contributed by atoms with Crippen LogP contribution < -0.4 is 9.47 Å². The lowest BCUT2D eigenvalue weighted by Crippen LogP contribution is -2.29. The molecule has 0 fully saturated rings. The lowest BCUT2D eigenvalue weighted by molar-refractivity contribution is -0.151. The highest BCUT2D eigenvalue weighted by atomic mass is 16.6. The predicted molar refractivity (Wildman–Crippen MR) is 137 cm³/mol. The summed E-state index contributed by atoms with van der Waals surface area (Å²) in [6.07, 6.45) is -0.253. The summed E-state index contributed by atoms with van der Waals surface area (Å²) < 4.78 is 33.7. The van der Waals surface area contributed by atoms with Gasteiger partial charge in [-0.05, 0) is 18.1 Å². The molecule has 2 atom stereocenters. The number of hydrogen-bond donors (Lipinski definition) is 0. The van der Waals surface area contributed by atoms with Gasteiger partial charge in [0, 0.05) is 49.6 Å². The van der Waals surface area contributed by atoms with Crippen LogP contribution >= 0.6 is 0 Å². The third kappa shape index (κ3) is 6.86. The molecule has 0 aliphatic carbocycles. The average Bonchev–Trinajstić information content (AvgIpc) is 2.85. The Hall–Kier alpha value is -3.36. The van der Waals surface area contributed by atoms with Crippen LogP contribution in [-0.4, -0.2) is 64.8 Å². The van der Waals surface area contributed by atoms with Crippen LogP contribution in [0.15, 0.2) is 42.5 Å². The van der Waals surface area contributed by atoms with E-state index in [9.17, 15) is 9.59 Å². The van der Waals surface area contributed by atoms with Crippen molar-refractivity contribution in [3.63, 3.8) is 0 Å². The molecule has 0 saturated heterocycles. The summed E-state index contributed by atoms with van der Waals surface area (Å²) in [5.41, 5.74) is 1.14. The maximum atomic E-state index is 11.5. The van der Waals surface area contributed by atoms with Gasteiger partial charge in [0.1, 0.15) is 24.7 Å². The summed E-state index contributed by atoms with van der Waals surface area (Å²) in [7, 11) is 3.10. The summed E-state index contributed by atoms with van der Waals surface area (Å²) in [6, 6.07) is 13.9. The Morgan fingerprint density at radius 3 is 1.61 bits per heavy atom. The van der Waals surface area contributed by atoms with Gasteiger partial charge in [-0.15, -0.1) is 0 Å². The maximum absolute atomic E-state index is 11.5. The van der Waals surface area contributed by atoms with Crippen LogP contribution in [0.5, 0.6) is 11.5 Å². The molecular weight excluding hydrogens is 464 g/mol. The highest BCUT2D eigenvalue weighted by Crippen LogP contribution is 2.43. The van der Waals surface area contributed by atoms with Crippen molar-refractivity contribution in [3.05, 3.63) is 48.0 Å². The van der Waals surface area contributed by atoms with Crippen molar-refractivity contribution < 1.29 is 38.0 Å². The Labute approximate surface area is 211 Å². The Morgan fingerprint density at radius 2 is 1.17 bits per heavy atom. The molecule has 0 N–H and O–H groups in total. The summed E-state index contributed by atoms with van der Waals surface area (Å²) >= 11 is 0. The second-order valence-electron chi connectivity index (χ2n) is 8.43. The fraction of sp³-hybridized carbons (Fsp3) is 0.429. The van der Waals surface area contributed by atoms with E-state index in [1.54, 1.807) is 14.2 Å². The van der Waals surface area contributed by atoms with Gasteiger partial charge in [0.05, 0.1) is 13.2 Å². The van der Waals surface area contributed by atoms with E-state index in [2.05, 4.69) is 19.1 Å². The van der Waals surface area contributed by atoms with Gasteiger partial charge in [-0.25, -0.2) is 0 Å². The molecule has 0 aliphatic rings. The Kier molecular flexibility index (Phi) is 9.90. The van der Waals surface area contributed by atoms with Crippen LogP contribution in [0.25, 0.3) is 21.5 Å². The van der Waals surface area contributed by atoms with E-state index >= 15 is 0 Å². The van der Waals surface area contributed by atoms with Crippen molar-refractivity contribution in [2.45, 2.75) is 39.4 Å². The van der Waals surface area contributed by atoms with E-state index in [4.69, 9.17) is 28.4 Å². The van der Waals surface area contributed by atoms with Crippen LogP contribution in [-0.2, 0) is 35.0 Å². The standard InChI is InChI=1S/C28H34O8/c1-6-20-11-12-25-26(13-20)28(34-17-22(15-32-5)36-19(3)30)24-10-8-7-9-23(24)27(25)33-16-21(14-31-4)35-18(2)29/h7-13,21-22H,6,14-17H2,1-5H3. The highest BCUT2D eigenvalue weighted by Gasteiger charge is 2.21. The molecule has 0 heterocycles. The molecule has 0 aliphatic heterocycles. The zero-order valence-corrected chi connectivity index (χ0v) is 21.5. The van der Waals surface area contributed by atoms with Gasteiger partial charge in [0.25, 0.3) is 0 Å². The zero-order valence-electron chi connectivity index (χ0n) is 21.5. The Morgan fingerprint density at radius 1 is 0.694 bits per heavy atom. The minimum Gasteiger partial charge on any atom is -0.488 e. The smallest absolute Gasteiger partial charge is 0.303 e. The van der Waals surface area contributed by atoms with Crippen LogP contribution in [0.2, 0.25) is 0 Å². The number of rotatable bonds is 13. The molecule has 2 unspecified atom stereocenters. The number of carbonyl (C=O) groups is 2. The fourth-order valence-electron chi connectivity index (χ4n) is 4.10. The van der Waals surface area contributed by atoms with Crippen molar-refractivity contribution in [1.29, 1.82) is 0 Å². The lowest BCUT2D eigenvalue weighted by Gasteiger charge is -2.22. The van der Waals surface area contributed by atoms with E-state index in [1.165, 1.54) is 13.8 Å². The number of fused-ring (bicyclic) bond motifs is 2. The van der Waals surface area contributed by atoms with Gasteiger partial charge in [-0.3, -0.25) is 9.59 Å². The molecule has 3 aromatic rings. The topological polar surface area (TPSA) is 89.5 Å². The number of benzene rings is 3. The monoisotopic (exact) mass is 498 g/mol. The summed E-state index contributed by atoms with van der Waals surface area (Å²) in [5.74, 6) is 0.540. The third-order valence-electron chi connectivity index (χ3n) is 5.60. The molecule has 3 rings (SSSR count). The highest BCUT2D eigenvalue weighted by molar-refractivity contribution is 6.11. The van der Waals surface area contributed by atoms with E-state index in [0.29, 0.717) is 11.5 Å². The number of methoxy groups -OCH3 is 2. The third-order valence-corrected chi connectivity index (χ3v) is 5.60. The van der Waals surface area contributed by atoms with Crippen molar-refractivity contribution in [2.24, 2.45) is 0 Å². The molecule has 0 bridgehead atoms. The van der Waals surface area contributed by atoms with Crippen molar-refractivity contribution in [3.8, 4) is 11.5 Å². The van der Waals surface area contributed by atoms with Crippen LogP contribution in [0, 0.1) is 0 Å². The first-order valence-electron chi connectivity index (χ1n) is 11.9. The Balaban J connectivity index is 2.08. The van der Waals surface area contributed by atoms with Gasteiger partial charge in [-0.2, -0.15) is 0 Å². The average molecular weight is 499 g/mol. The molecule has 8 nitrogen and oxygen atoms in total. The maximum Gasteiger partial charge on any atom is 0.303 e. The van der Waals surface area contributed by atoms with E-state index in [1.807, 2.05) is 30.3 Å². The first-order valence-corrected chi connectivity index (χ1v) is 11.9. The number of carbonyl (C=O) groups excluding carboxylic acids is 2. The minimum absolute atomic E-state index is 0.130. The number of aryl methyl sites for hydroxylation is 1. The van der Waals surface area contributed by atoms with Gasteiger partial charge < -0.3 is 28.4 Å². The molecule has 0 spiro atoms. The normalized spacial score (nSPS) is 12.8. The molecule has 36 heavy (non-hydrogen) atoms. The zero-order chi connectivity index (χ0) is 26.1. The van der Waals surface area contributed by atoms with Gasteiger partial charge in [0.15, 0.2) is 12.2 Å². The summed E-state index contributed by atoms with van der Waals surface area (Å²) in [6.45, 7) is 5.50. The predicted octanol–water partition coefficient (Wildman–Crippen LogP) is 4.47. The fourth-order valence-corrected chi connectivity index (χ4v) is 4.10. The largest absolute Gasteiger partial charge is 0.488 e. The second-order valence-corrected chi connectivity index (χ2v) is 8.43. The number of hydrogen-bond acceptors (Lipinski definition) is 8. The van der Waals surface area contributed by atoms with Crippen LogP contribution in [0.1, 0.15) is 26.3 Å². The van der Waals surface area contributed by atoms with Crippen LogP contribution in [0.4, 0.5) is 0 Å². The van der Waals surface area contributed by atoms with E-state index in [-0.39, 0.29) is 26.4 Å². The second kappa shape index (κ2) is 13.1. The van der Waals surface area contributed by atoms with Gasteiger partial charge >= 0.3 is 11.9 Å². The SMILES string of the molecule is CCc1ccc2c(OCC(COC)OC(C)=O)c3ccccc3c(OCC(COC)OC(C)=O)c2c1. The quantitative estimate of drug-likeness (QED) is 0.252. The molecule has 8 heteroatoms. The van der Waals surface area contributed by atoms with Crippen molar-refractivity contribution in [1.82, 2.24) is 0 Å². The van der Waals surface area contributed by atoms with E-state index in [0.717, 1.165) is 33.5 Å². The molecular formula is C28H34O8. The lowest BCUT2D eigenvalue weighted by atomic mass is 9.98. The molecule has 0 amide bonds. The minimum atomic E-state index is -0.551. The molecule has 3 aromatic carbocycles. The molecule has 194 valence electrons. The first kappa shape index (κ1) is 27.2. The Bertz CT molecular complexity index is 1190. The summed E-state index contributed by atoms with van der Waals surface area (Å²) in [4.78, 5) is 23.1. The van der Waals surface area contributed by atoms with Gasteiger partial charge in [0.2, 0.25) is 0 Å². The molecule has 0 aromatic heterocycles. The number of esters is 2. The van der Waals surface area contributed by atoms with Crippen molar-refractivity contribution in [2.75, 3.05) is 40.6 Å².